The molecule has 3 heterocycles. The number of ether oxygens (including phenoxy) is 2. The summed E-state index contributed by atoms with van der Waals surface area (Å²) in [7, 11) is 0. The average molecular weight is 451 g/mol. The molecule has 0 fully saturated rings. The van der Waals surface area contributed by atoms with Crippen molar-refractivity contribution in [3.8, 4) is 11.8 Å². The van der Waals surface area contributed by atoms with Crippen LogP contribution in [0.25, 0.3) is 17.0 Å². The van der Waals surface area contributed by atoms with Gasteiger partial charge in [0, 0.05) is 17.8 Å². The van der Waals surface area contributed by atoms with E-state index in [1.54, 1.807) is 62.5 Å². The van der Waals surface area contributed by atoms with Crippen LogP contribution in [0.3, 0.4) is 0 Å². The van der Waals surface area contributed by atoms with Crippen LogP contribution in [0, 0.1) is 11.3 Å². The molecule has 4 aromatic rings. The second-order valence-electron chi connectivity index (χ2n) is 8.55. The lowest BCUT2D eigenvalue weighted by molar-refractivity contribution is -0.125. The van der Waals surface area contributed by atoms with Crippen LogP contribution in [0.4, 0.5) is 0 Å². The summed E-state index contributed by atoms with van der Waals surface area (Å²) in [6.07, 6.45) is 1.72. The quantitative estimate of drug-likeness (QED) is 0.487. The molecule has 0 bridgehead atoms. The van der Waals surface area contributed by atoms with Crippen molar-refractivity contribution in [2.45, 2.75) is 26.1 Å². The number of hydrogen-bond donors (Lipinski definition) is 1. The van der Waals surface area contributed by atoms with E-state index in [1.807, 2.05) is 18.2 Å². The van der Waals surface area contributed by atoms with E-state index in [2.05, 4.69) is 11.1 Å². The molecular formula is C27H21N3O4. The first-order valence-corrected chi connectivity index (χ1v) is 10.8. The highest BCUT2D eigenvalue weighted by molar-refractivity contribution is 6.32. The zero-order valence-electron chi connectivity index (χ0n) is 18.7. The van der Waals surface area contributed by atoms with Crippen LogP contribution in [-0.2, 0) is 16.1 Å². The second kappa shape index (κ2) is 8.09. The molecule has 2 aromatic carbocycles. The summed E-state index contributed by atoms with van der Waals surface area (Å²) in [5, 5.41) is 9.06. The van der Waals surface area contributed by atoms with Crippen LogP contribution >= 0.6 is 0 Å². The Bertz CT molecular complexity index is 1530. The molecule has 0 amide bonds. The topological polar surface area (TPSA) is 96.6 Å². The Morgan fingerprint density at radius 2 is 1.71 bits per heavy atom. The van der Waals surface area contributed by atoms with Crippen LogP contribution in [0.1, 0.15) is 36.2 Å². The first-order chi connectivity index (χ1) is 16.4. The molecule has 0 atom stereocenters. The maximum absolute atomic E-state index is 13.1. The normalized spacial score (nSPS) is 14.8. The summed E-state index contributed by atoms with van der Waals surface area (Å²) in [4.78, 5) is 28.2. The highest BCUT2D eigenvalue weighted by Crippen LogP contribution is 2.41. The zero-order valence-corrected chi connectivity index (χ0v) is 18.7. The Kier molecular flexibility index (Phi) is 5.06. The van der Waals surface area contributed by atoms with E-state index in [0.717, 1.165) is 16.8 Å². The number of carbonyl (C=O) groups is 1. The van der Waals surface area contributed by atoms with Crippen LogP contribution in [0.5, 0.6) is 5.75 Å². The van der Waals surface area contributed by atoms with Gasteiger partial charge < -0.3 is 14.5 Å². The number of nitrogens with one attached hydrogen (secondary N) is 1. The van der Waals surface area contributed by atoms with Crippen LogP contribution in [-0.4, -0.2) is 20.8 Å². The highest BCUT2D eigenvalue weighted by atomic mass is 16.5. The Labute approximate surface area is 195 Å². The summed E-state index contributed by atoms with van der Waals surface area (Å²) < 4.78 is 13.5. The van der Waals surface area contributed by atoms with Crippen molar-refractivity contribution in [3.63, 3.8) is 0 Å². The van der Waals surface area contributed by atoms with Crippen molar-refractivity contribution in [3.05, 3.63) is 106 Å². The van der Waals surface area contributed by atoms with Crippen molar-refractivity contribution in [1.29, 1.82) is 5.26 Å². The molecule has 1 aliphatic heterocycles. The number of nitriles is 1. The molecule has 7 heteroatoms. The van der Waals surface area contributed by atoms with E-state index in [1.165, 1.54) is 10.5 Å². The Morgan fingerprint density at radius 3 is 2.38 bits per heavy atom. The minimum Gasteiger partial charge on any atom is -0.487 e. The van der Waals surface area contributed by atoms with Crippen molar-refractivity contribution in [1.82, 2.24) is 9.38 Å². The number of pyridine rings is 1. The minimum atomic E-state index is -0.985. The second-order valence-corrected chi connectivity index (χ2v) is 8.55. The predicted molar refractivity (Wildman–Crippen MR) is 127 cm³/mol. The maximum atomic E-state index is 13.1. The maximum Gasteiger partial charge on any atom is 0.256 e. The molecule has 1 aliphatic rings. The molecule has 0 unspecified atom stereocenters. The zero-order chi connectivity index (χ0) is 23.9. The number of nitrogens with zero attached hydrogens (tertiary/aromatic N) is 2. The number of rotatable bonds is 5. The fourth-order valence-corrected chi connectivity index (χ4v) is 3.96. The molecule has 34 heavy (non-hydrogen) atoms. The lowest BCUT2D eigenvalue weighted by atomic mass is 9.92. The summed E-state index contributed by atoms with van der Waals surface area (Å²) in [5.74, 6) is 1.02. The third-order valence-corrected chi connectivity index (χ3v) is 5.74. The predicted octanol–water partition coefficient (Wildman–Crippen LogP) is 4.32. The van der Waals surface area contributed by atoms with Gasteiger partial charge in [0.1, 0.15) is 23.8 Å². The van der Waals surface area contributed by atoms with E-state index >= 15 is 0 Å². The van der Waals surface area contributed by atoms with E-state index in [-0.39, 0.29) is 17.9 Å². The molecule has 0 spiro atoms. The van der Waals surface area contributed by atoms with Gasteiger partial charge in [-0.25, -0.2) is 0 Å². The van der Waals surface area contributed by atoms with Crippen molar-refractivity contribution in [2.24, 2.45) is 0 Å². The number of hydrogen-bond acceptors (Lipinski definition) is 5. The fourth-order valence-electron chi connectivity index (χ4n) is 3.96. The number of Topliss-reactive ketones (excluding diaryl/α,β-unsaturated/α-hetero) is 1. The number of carbonyl (C=O) groups excluding carboxylic acids is 1. The molecule has 0 aliphatic carbocycles. The fraction of sp³-hybridized carbons (Fsp3) is 0.148. The van der Waals surface area contributed by atoms with Gasteiger partial charge >= 0.3 is 0 Å². The molecule has 0 saturated heterocycles. The number of H-pyrrole nitrogens is 1. The molecule has 1 N–H and O–H groups in total. The molecular weight excluding hydrogens is 430 g/mol. The van der Waals surface area contributed by atoms with Gasteiger partial charge in [0.15, 0.2) is 5.60 Å². The molecule has 0 radical (unpaired) electrons. The number of fused-ring (bicyclic) bond motifs is 1. The van der Waals surface area contributed by atoms with Crippen LogP contribution in [0.2, 0.25) is 0 Å². The summed E-state index contributed by atoms with van der Waals surface area (Å²) in [6, 6.07) is 21.3. The van der Waals surface area contributed by atoms with Crippen LogP contribution in [0.15, 0.2) is 77.7 Å². The third kappa shape index (κ3) is 3.76. The Hall–Kier alpha value is -4.57. The third-order valence-electron chi connectivity index (χ3n) is 5.74. The van der Waals surface area contributed by atoms with E-state index < -0.39 is 5.60 Å². The number of aromatic nitrogens is 2. The lowest BCUT2D eigenvalue weighted by Crippen LogP contribution is -2.29. The number of aromatic amines is 1. The first-order valence-electron chi connectivity index (χ1n) is 10.8. The Morgan fingerprint density at radius 1 is 1.00 bits per heavy atom. The lowest BCUT2D eigenvalue weighted by Gasteiger charge is -2.17. The first kappa shape index (κ1) is 21.3. The van der Waals surface area contributed by atoms with Gasteiger partial charge in [0.25, 0.3) is 5.56 Å². The van der Waals surface area contributed by atoms with E-state index in [0.29, 0.717) is 28.3 Å². The molecule has 0 saturated carbocycles. The average Bonchev–Trinajstić information content (AvgIpc) is 3.37. The molecule has 7 nitrogen and oxygen atoms in total. The van der Waals surface area contributed by atoms with Gasteiger partial charge in [0.2, 0.25) is 5.78 Å². The van der Waals surface area contributed by atoms with Gasteiger partial charge in [-0.15, -0.1) is 0 Å². The number of ketones is 1. The molecule has 168 valence electrons. The molecule has 5 rings (SSSR count). The molecule has 2 aromatic heterocycles. The van der Waals surface area contributed by atoms with Gasteiger partial charge in [-0.05, 0) is 61.9 Å². The SMILES string of the molecule is CC1(C)OC(c2ccc(C#N)cc2)=C(c2ccc(OCc3cn4c(=O)cccc4[nH]3)cc2)C1=O. The van der Waals surface area contributed by atoms with E-state index in [4.69, 9.17) is 14.7 Å². The minimum absolute atomic E-state index is 0.107. The van der Waals surface area contributed by atoms with Crippen LogP contribution < -0.4 is 10.3 Å². The van der Waals surface area contributed by atoms with Crippen molar-refractivity contribution >= 4 is 22.8 Å². The van der Waals surface area contributed by atoms with E-state index in [9.17, 15) is 9.59 Å². The smallest absolute Gasteiger partial charge is 0.256 e. The Balaban J connectivity index is 1.40. The highest BCUT2D eigenvalue weighted by Gasteiger charge is 2.42. The standard InChI is InChI=1S/C27H21N3O4/c1-27(2)26(32)24(25(34-27)19-8-6-17(14-28)7-9-19)18-10-12-21(13-11-18)33-16-20-15-30-22(29-20)4-3-5-23(30)31/h3-13,15,29H,16H2,1-2H3. The summed E-state index contributed by atoms with van der Waals surface area (Å²) in [5.41, 5.74) is 2.86. The van der Waals surface area contributed by atoms with Crippen molar-refractivity contribution < 1.29 is 14.3 Å². The van der Waals surface area contributed by atoms with Gasteiger partial charge in [0.05, 0.1) is 22.9 Å². The largest absolute Gasteiger partial charge is 0.487 e. The van der Waals surface area contributed by atoms with Gasteiger partial charge in [-0.1, -0.05) is 18.2 Å². The van der Waals surface area contributed by atoms with Gasteiger partial charge in [-0.3, -0.25) is 14.0 Å². The van der Waals surface area contributed by atoms with Gasteiger partial charge in [-0.2, -0.15) is 5.26 Å². The number of imidazole rings is 1. The monoisotopic (exact) mass is 451 g/mol. The summed E-state index contributed by atoms with van der Waals surface area (Å²) in [6.45, 7) is 3.75. The number of benzene rings is 2. The summed E-state index contributed by atoms with van der Waals surface area (Å²) >= 11 is 0. The van der Waals surface area contributed by atoms with Crippen molar-refractivity contribution in [2.75, 3.05) is 0 Å².